The van der Waals surface area contributed by atoms with Gasteiger partial charge in [-0.1, -0.05) is 12.1 Å². The maximum atomic E-state index is 5.40. The average molecular weight is 205 g/mol. The third kappa shape index (κ3) is 3.56. The van der Waals surface area contributed by atoms with Crippen LogP contribution in [0.2, 0.25) is 0 Å². The molecule has 0 amide bonds. The van der Waals surface area contributed by atoms with Crippen LogP contribution in [0.1, 0.15) is 25.3 Å². The summed E-state index contributed by atoms with van der Waals surface area (Å²) < 4.78 is 5.40. The molecule has 0 atom stereocenters. The van der Waals surface area contributed by atoms with E-state index in [1.165, 1.54) is 18.4 Å². The van der Waals surface area contributed by atoms with Crippen LogP contribution in [0.3, 0.4) is 0 Å². The monoisotopic (exact) mass is 205 g/mol. The lowest BCUT2D eigenvalue weighted by molar-refractivity contribution is 0.340. The van der Waals surface area contributed by atoms with Crippen molar-refractivity contribution in [3.8, 4) is 5.75 Å². The summed E-state index contributed by atoms with van der Waals surface area (Å²) in [4.78, 5) is 0. The molecular formula is C13H19NO. The van der Waals surface area contributed by atoms with E-state index in [0.29, 0.717) is 0 Å². The Morgan fingerprint density at radius 3 is 2.60 bits per heavy atom. The van der Waals surface area contributed by atoms with Crippen LogP contribution in [0.4, 0.5) is 0 Å². The summed E-state index contributed by atoms with van der Waals surface area (Å²) in [5, 5.41) is 3.51. The van der Waals surface area contributed by atoms with Crippen LogP contribution in [-0.2, 0) is 6.42 Å². The Labute approximate surface area is 91.6 Å². The highest BCUT2D eigenvalue weighted by atomic mass is 16.5. The molecule has 2 heteroatoms. The van der Waals surface area contributed by atoms with Gasteiger partial charge >= 0.3 is 0 Å². The molecule has 1 N–H and O–H groups in total. The zero-order valence-corrected chi connectivity index (χ0v) is 9.33. The van der Waals surface area contributed by atoms with Gasteiger partial charge in [-0.15, -0.1) is 0 Å². The van der Waals surface area contributed by atoms with Gasteiger partial charge < -0.3 is 10.1 Å². The number of rotatable bonds is 6. The number of hydrogen-bond acceptors (Lipinski definition) is 2. The fraction of sp³-hybridized carbons (Fsp3) is 0.538. The van der Waals surface area contributed by atoms with E-state index >= 15 is 0 Å². The molecule has 0 aromatic heterocycles. The van der Waals surface area contributed by atoms with Crippen molar-refractivity contribution < 1.29 is 4.74 Å². The predicted octanol–water partition coefficient (Wildman–Crippen LogP) is 2.38. The summed E-state index contributed by atoms with van der Waals surface area (Å²) in [6.07, 6.45) is 3.84. The Morgan fingerprint density at radius 2 is 2.00 bits per heavy atom. The van der Waals surface area contributed by atoms with E-state index in [0.717, 1.165) is 31.4 Å². The first-order valence-electron chi connectivity index (χ1n) is 5.83. The second kappa shape index (κ2) is 5.17. The van der Waals surface area contributed by atoms with E-state index < -0.39 is 0 Å². The standard InChI is InChI=1S/C13H19NO/c1-2-15-13-7-3-11(4-8-13)9-10-14-12-5-6-12/h3-4,7-8,12,14H,2,5-6,9-10H2,1H3. The van der Waals surface area contributed by atoms with Crippen molar-refractivity contribution in [1.82, 2.24) is 5.32 Å². The Balaban J connectivity index is 1.75. The van der Waals surface area contributed by atoms with Gasteiger partial charge in [-0.3, -0.25) is 0 Å². The Bertz CT molecular complexity index is 290. The van der Waals surface area contributed by atoms with Crippen molar-refractivity contribution in [2.24, 2.45) is 0 Å². The minimum absolute atomic E-state index is 0.739. The van der Waals surface area contributed by atoms with Crippen molar-refractivity contribution in [2.45, 2.75) is 32.2 Å². The fourth-order valence-corrected chi connectivity index (χ4v) is 1.63. The lowest BCUT2D eigenvalue weighted by Gasteiger charge is -2.05. The highest BCUT2D eigenvalue weighted by molar-refractivity contribution is 5.27. The fourth-order valence-electron chi connectivity index (χ4n) is 1.63. The van der Waals surface area contributed by atoms with Crippen molar-refractivity contribution in [3.63, 3.8) is 0 Å². The van der Waals surface area contributed by atoms with Gasteiger partial charge in [0.25, 0.3) is 0 Å². The minimum atomic E-state index is 0.739. The van der Waals surface area contributed by atoms with Crippen molar-refractivity contribution in [1.29, 1.82) is 0 Å². The molecule has 1 saturated carbocycles. The highest BCUT2D eigenvalue weighted by Crippen LogP contribution is 2.18. The first-order valence-corrected chi connectivity index (χ1v) is 5.83. The van der Waals surface area contributed by atoms with Gasteiger partial charge in [0.15, 0.2) is 0 Å². The summed E-state index contributed by atoms with van der Waals surface area (Å²) in [5.74, 6) is 0.969. The average Bonchev–Trinajstić information content (AvgIpc) is 3.05. The molecular weight excluding hydrogens is 186 g/mol. The third-order valence-electron chi connectivity index (χ3n) is 2.66. The van der Waals surface area contributed by atoms with Gasteiger partial charge in [0.2, 0.25) is 0 Å². The molecule has 2 rings (SSSR count). The van der Waals surface area contributed by atoms with Crippen LogP contribution >= 0.6 is 0 Å². The van der Waals surface area contributed by atoms with Crippen LogP contribution in [0.5, 0.6) is 5.75 Å². The summed E-state index contributed by atoms with van der Waals surface area (Å²) in [5.41, 5.74) is 1.38. The minimum Gasteiger partial charge on any atom is -0.494 e. The maximum Gasteiger partial charge on any atom is 0.119 e. The zero-order chi connectivity index (χ0) is 10.5. The van der Waals surface area contributed by atoms with Crippen molar-refractivity contribution in [3.05, 3.63) is 29.8 Å². The molecule has 15 heavy (non-hydrogen) atoms. The largest absolute Gasteiger partial charge is 0.494 e. The molecule has 0 bridgehead atoms. The molecule has 1 fully saturated rings. The number of nitrogens with one attached hydrogen (secondary N) is 1. The van der Waals surface area contributed by atoms with Crippen LogP contribution in [0.25, 0.3) is 0 Å². The molecule has 0 aliphatic heterocycles. The lowest BCUT2D eigenvalue weighted by Crippen LogP contribution is -2.19. The second-order valence-corrected chi connectivity index (χ2v) is 4.06. The topological polar surface area (TPSA) is 21.3 Å². The molecule has 0 unspecified atom stereocenters. The van der Waals surface area contributed by atoms with E-state index in [4.69, 9.17) is 4.74 Å². The van der Waals surface area contributed by atoms with Crippen LogP contribution in [0.15, 0.2) is 24.3 Å². The van der Waals surface area contributed by atoms with E-state index in [9.17, 15) is 0 Å². The van der Waals surface area contributed by atoms with E-state index in [2.05, 4.69) is 29.6 Å². The van der Waals surface area contributed by atoms with Gasteiger partial charge in [-0.25, -0.2) is 0 Å². The van der Waals surface area contributed by atoms with Crippen LogP contribution in [-0.4, -0.2) is 19.2 Å². The normalized spacial score (nSPS) is 15.3. The highest BCUT2D eigenvalue weighted by Gasteiger charge is 2.19. The van der Waals surface area contributed by atoms with Gasteiger partial charge in [0.05, 0.1) is 6.61 Å². The predicted molar refractivity (Wildman–Crippen MR) is 62.3 cm³/mol. The summed E-state index contributed by atoms with van der Waals surface area (Å²) >= 11 is 0. The van der Waals surface area contributed by atoms with Gasteiger partial charge in [-0.05, 0) is 50.4 Å². The molecule has 1 aromatic carbocycles. The first-order chi connectivity index (χ1) is 7.38. The summed E-state index contributed by atoms with van der Waals surface area (Å²) in [6, 6.07) is 9.22. The van der Waals surface area contributed by atoms with Crippen molar-refractivity contribution >= 4 is 0 Å². The Kier molecular flexibility index (Phi) is 3.62. The quantitative estimate of drug-likeness (QED) is 0.770. The van der Waals surface area contributed by atoms with Gasteiger partial charge in [0.1, 0.15) is 5.75 Å². The summed E-state index contributed by atoms with van der Waals surface area (Å²) in [7, 11) is 0. The molecule has 0 saturated heterocycles. The molecule has 0 spiro atoms. The molecule has 0 radical (unpaired) electrons. The summed E-state index contributed by atoms with van der Waals surface area (Å²) in [6.45, 7) is 3.84. The number of benzene rings is 1. The maximum absolute atomic E-state index is 5.40. The number of hydrogen-bond donors (Lipinski definition) is 1. The van der Waals surface area contributed by atoms with Gasteiger partial charge in [0, 0.05) is 6.04 Å². The van der Waals surface area contributed by atoms with Crippen molar-refractivity contribution in [2.75, 3.05) is 13.2 Å². The Hall–Kier alpha value is -1.02. The van der Waals surface area contributed by atoms with Crippen LogP contribution in [0, 0.1) is 0 Å². The molecule has 1 aliphatic carbocycles. The second-order valence-electron chi connectivity index (χ2n) is 4.06. The zero-order valence-electron chi connectivity index (χ0n) is 9.33. The van der Waals surface area contributed by atoms with E-state index in [1.54, 1.807) is 0 Å². The first kappa shape index (κ1) is 10.5. The smallest absolute Gasteiger partial charge is 0.119 e. The molecule has 2 nitrogen and oxygen atoms in total. The lowest BCUT2D eigenvalue weighted by atomic mass is 10.1. The SMILES string of the molecule is CCOc1ccc(CCNC2CC2)cc1. The van der Waals surface area contributed by atoms with Gasteiger partial charge in [-0.2, -0.15) is 0 Å². The molecule has 1 aromatic rings. The van der Waals surface area contributed by atoms with E-state index in [-0.39, 0.29) is 0 Å². The number of ether oxygens (including phenoxy) is 1. The van der Waals surface area contributed by atoms with E-state index in [1.807, 2.05) is 6.92 Å². The Morgan fingerprint density at radius 1 is 1.27 bits per heavy atom. The molecule has 1 aliphatic rings. The van der Waals surface area contributed by atoms with Crippen LogP contribution < -0.4 is 10.1 Å². The third-order valence-corrected chi connectivity index (χ3v) is 2.66. The molecule has 82 valence electrons. The molecule has 0 heterocycles.